The molecule has 0 saturated carbocycles. The fourth-order valence-electron chi connectivity index (χ4n) is 2.08. The molecule has 0 spiro atoms. The molecule has 0 aromatic heterocycles. The van der Waals surface area contributed by atoms with Crippen LogP contribution in [0.4, 0.5) is 5.69 Å². The molecule has 2 rings (SSSR count). The number of hydrogen-bond donors (Lipinski definition) is 2. The van der Waals surface area contributed by atoms with Gasteiger partial charge in [0.05, 0.1) is 18.9 Å². The minimum atomic E-state index is -0.400. The molecule has 6 nitrogen and oxygen atoms in total. The van der Waals surface area contributed by atoms with Crippen molar-refractivity contribution in [2.45, 2.75) is 11.8 Å². The summed E-state index contributed by atoms with van der Waals surface area (Å²) < 4.78 is 5.21. The van der Waals surface area contributed by atoms with Gasteiger partial charge in [-0.25, -0.2) is 5.43 Å². The van der Waals surface area contributed by atoms with Gasteiger partial charge in [0, 0.05) is 23.6 Å². The van der Waals surface area contributed by atoms with Crippen LogP contribution in [-0.2, 0) is 4.79 Å². The van der Waals surface area contributed by atoms with Gasteiger partial charge in [-0.1, -0.05) is 12.1 Å². The fourth-order valence-corrected chi connectivity index (χ4v) is 2.48. The van der Waals surface area contributed by atoms with Crippen LogP contribution >= 0.6 is 11.8 Å². The number of carbonyl (C=O) groups is 2. The highest BCUT2D eigenvalue weighted by molar-refractivity contribution is 7.98. The quantitative estimate of drug-likeness (QED) is 0.473. The predicted molar refractivity (Wildman–Crippen MR) is 101 cm³/mol. The highest BCUT2D eigenvalue weighted by atomic mass is 32.2. The molecule has 0 atom stereocenters. The minimum absolute atomic E-state index is 0.198. The smallest absolute Gasteiger partial charge is 0.275 e. The Bertz CT molecular complexity index is 789. The van der Waals surface area contributed by atoms with Crippen molar-refractivity contribution in [3.8, 4) is 5.75 Å². The van der Waals surface area contributed by atoms with Gasteiger partial charge in [-0.2, -0.15) is 5.10 Å². The van der Waals surface area contributed by atoms with Crippen LogP contribution < -0.4 is 15.5 Å². The Hall–Kier alpha value is -2.80. The summed E-state index contributed by atoms with van der Waals surface area (Å²) in [5.74, 6) is -0.247. The van der Waals surface area contributed by atoms with E-state index in [2.05, 4.69) is 15.8 Å². The SMILES string of the molecule is COc1cc(NC(C)=O)ccc1C(=O)N/N=C/c1ccc(SC)cc1. The summed E-state index contributed by atoms with van der Waals surface area (Å²) in [6.45, 7) is 1.41. The topological polar surface area (TPSA) is 79.8 Å². The van der Waals surface area contributed by atoms with Crippen molar-refractivity contribution in [1.82, 2.24) is 5.43 Å². The van der Waals surface area contributed by atoms with E-state index in [0.29, 0.717) is 17.0 Å². The van der Waals surface area contributed by atoms with Gasteiger partial charge in [0.25, 0.3) is 5.91 Å². The molecule has 0 radical (unpaired) electrons. The zero-order valence-corrected chi connectivity index (χ0v) is 15.0. The van der Waals surface area contributed by atoms with Gasteiger partial charge < -0.3 is 10.1 Å². The molecule has 0 bridgehead atoms. The Labute approximate surface area is 150 Å². The number of benzene rings is 2. The second-order valence-electron chi connectivity index (χ2n) is 5.07. The number of hydrazone groups is 1. The average molecular weight is 357 g/mol. The van der Waals surface area contributed by atoms with Gasteiger partial charge in [0.15, 0.2) is 0 Å². The van der Waals surface area contributed by atoms with E-state index in [1.165, 1.54) is 14.0 Å². The number of anilines is 1. The molecule has 7 heteroatoms. The number of rotatable bonds is 6. The standard InChI is InChI=1S/C18H19N3O3S/c1-12(22)20-14-6-9-16(17(10-14)24-2)18(23)21-19-11-13-4-7-15(25-3)8-5-13/h4-11H,1-3H3,(H,20,22)(H,21,23)/b19-11+. The summed E-state index contributed by atoms with van der Waals surface area (Å²) >= 11 is 1.66. The monoisotopic (exact) mass is 357 g/mol. The first-order valence-electron chi connectivity index (χ1n) is 7.46. The predicted octanol–water partition coefficient (Wildman–Crippen LogP) is 3.14. The van der Waals surface area contributed by atoms with Crippen LogP contribution in [0.2, 0.25) is 0 Å². The van der Waals surface area contributed by atoms with E-state index < -0.39 is 5.91 Å². The molecule has 0 fully saturated rings. The molecule has 0 unspecified atom stereocenters. The van der Waals surface area contributed by atoms with Crippen molar-refractivity contribution in [1.29, 1.82) is 0 Å². The molecule has 2 aromatic rings. The zero-order valence-electron chi connectivity index (χ0n) is 14.2. The number of carbonyl (C=O) groups excluding carboxylic acids is 2. The fraction of sp³-hybridized carbons (Fsp3) is 0.167. The first kappa shape index (κ1) is 18.5. The summed E-state index contributed by atoms with van der Waals surface area (Å²) in [6.07, 6.45) is 3.58. The third kappa shape index (κ3) is 5.36. The van der Waals surface area contributed by atoms with Crippen LogP contribution in [-0.4, -0.2) is 31.4 Å². The summed E-state index contributed by atoms with van der Waals surface area (Å²) in [5, 5.41) is 6.60. The Morgan fingerprint density at radius 1 is 1.16 bits per heavy atom. The third-order valence-electron chi connectivity index (χ3n) is 3.26. The first-order valence-corrected chi connectivity index (χ1v) is 8.69. The molecule has 2 amide bonds. The van der Waals surface area contributed by atoms with Crippen molar-refractivity contribution in [2.75, 3.05) is 18.7 Å². The van der Waals surface area contributed by atoms with Crippen molar-refractivity contribution in [2.24, 2.45) is 5.10 Å². The second kappa shape index (κ2) is 8.89. The highest BCUT2D eigenvalue weighted by Crippen LogP contribution is 2.23. The number of methoxy groups -OCH3 is 1. The molecule has 2 aromatic carbocycles. The van der Waals surface area contributed by atoms with E-state index in [1.54, 1.807) is 36.2 Å². The largest absolute Gasteiger partial charge is 0.496 e. The Balaban J connectivity index is 2.06. The van der Waals surface area contributed by atoms with Crippen molar-refractivity contribution < 1.29 is 14.3 Å². The molecule has 25 heavy (non-hydrogen) atoms. The van der Waals surface area contributed by atoms with Gasteiger partial charge in [0.2, 0.25) is 5.91 Å². The molecule has 2 N–H and O–H groups in total. The van der Waals surface area contributed by atoms with E-state index in [9.17, 15) is 9.59 Å². The maximum atomic E-state index is 12.3. The Morgan fingerprint density at radius 2 is 1.88 bits per heavy atom. The lowest BCUT2D eigenvalue weighted by molar-refractivity contribution is -0.114. The van der Waals surface area contributed by atoms with Crippen LogP contribution in [0.25, 0.3) is 0 Å². The van der Waals surface area contributed by atoms with E-state index in [-0.39, 0.29) is 5.91 Å². The van der Waals surface area contributed by atoms with Crippen LogP contribution in [0.1, 0.15) is 22.8 Å². The number of hydrogen-bond acceptors (Lipinski definition) is 5. The molecule has 0 aliphatic rings. The van der Waals surface area contributed by atoms with Gasteiger partial charge in [-0.15, -0.1) is 11.8 Å². The van der Waals surface area contributed by atoms with Gasteiger partial charge >= 0.3 is 0 Å². The zero-order chi connectivity index (χ0) is 18.2. The highest BCUT2D eigenvalue weighted by Gasteiger charge is 2.12. The average Bonchev–Trinajstić information content (AvgIpc) is 2.61. The lowest BCUT2D eigenvalue weighted by atomic mass is 10.1. The lowest BCUT2D eigenvalue weighted by Gasteiger charge is -2.09. The Kier molecular flexibility index (Phi) is 6.59. The van der Waals surface area contributed by atoms with Crippen molar-refractivity contribution in [3.63, 3.8) is 0 Å². The van der Waals surface area contributed by atoms with Gasteiger partial charge in [0.1, 0.15) is 5.75 Å². The molecule has 0 heterocycles. The van der Waals surface area contributed by atoms with Gasteiger partial charge in [-0.3, -0.25) is 9.59 Å². The lowest BCUT2D eigenvalue weighted by Crippen LogP contribution is -2.18. The number of thioether (sulfide) groups is 1. The van der Waals surface area contributed by atoms with Crippen molar-refractivity contribution >= 4 is 35.5 Å². The summed E-state index contributed by atoms with van der Waals surface area (Å²) in [4.78, 5) is 24.5. The Morgan fingerprint density at radius 3 is 2.48 bits per heavy atom. The molecule has 0 aliphatic carbocycles. The summed E-state index contributed by atoms with van der Waals surface area (Å²) in [5.41, 5.74) is 4.23. The normalized spacial score (nSPS) is 10.5. The summed E-state index contributed by atoms with van der Waals surface area (Å²) in [6, 6.07) is 12.6. The number of ether oxygens (including phenoxy) is 1. The molecule has 0 saturated heterocycles. The van der Waals surface area contributed by atoms with Crippen LogP contribution in [0, 0.1) is 0 Å². The van der Waals surface area contributed by atoms with E-state index in [1.807, 2.05) is 30.5 Å². The van der Waals surface area contributed by atoms with E-state index in [4.69, 9.17) is 4.74 Å². The minimum Gasteiger partial charge on any atom is -0.496 e. The van der Waals surface area contributed by atoms with E-state index >= 15 is 0 Å². The van der Waals surface area contributed by atoms with Gasteiger partial charge in [-0.05, 0) is 36.1 Å². The molecule has 0 aliphatic heterocycles. The van der Waals surface area contributed by atoms with Crippen molar-refractivity contribution in [3.05, 3.63) is 53.6 Å². The van der Waals surface area contributed by atoms with Crippen LogP contribution in [0.5, 0.6) is 5.75 Å². The van der Waals surface area contributed by atoms with Crippen LogP contribution in [0.15, 0.2) is 52.5 Å². The van der Waals surface area contributed by atoms with E-state index in [0.717, 1.165) is 10.5 Å². The molecule has 130 valence electrons. The number of nitrogens with zero attached hydrogens (tertiary/aromatic N) is 1. The number of amides is 2. The molecular weight excluding hydrogens is 338 g/mol. The first-order chi connectivity index (χ1) is 12.0. The molecular formula is C18H19N3O3S. The second-order valence-corrected chi connectivity index (χ2v) is 5.95. The van der Waals surface area contributed by atoms with Crippen LogP contribution in [0.3, 0.4) is 0 Å². The number of nitrogens with one attached hydrogen (secondary N) is 2. The summed E-state index contributed by atoms with van der Waals surface area (Å²) in [7, 11) is 1.46. The third-order valence-corrected chi connectivity index (χ3v) is 4.01. The maximum absolute atomic E-state index is 12.3. The maximum Gasteiger partial charge on any atom is 0.275 e.